The molecule has 0 aromatic heterocycles. The Bertz CT molecular complexity index is 734. The predicted molar refractivity (Wildman–Crippen MR) is 105 cm³/mol. The molecule has 0 radical (unpaired) electrons. The van der Waals surface area contributed by atoms with Crippen LogP contribution in [0.25, 0.3) is 0 Å². The summed E-state index contributed by atoms with van der Waals surface area (Å²) in [5, 5.41) is 12.6. The number of carbonyl (C=O) groups is 3. The van der Waals surface area contributed by atoms with Gasteiger partial charge in [0.05, 0.1) is 12.5 Å². The van der Waals surface area contributed by atoms with Crippen molar-refractivity contribution in [3.63, 3.8) is 0 Å². The number of nitrogens with zero attached hydrogens (tertiary/aromatic N) is 1. The van der Waals surface area contributed by atoms with Crippen LogP contribution in [0.15, 0.2) is 24.3 Å². The Kier molecular flexibility index (Phi) is 7.36. The summed E-state index contributed by atoms with van der Waals surface area (Å²) in [5.74, 6) is -0.614. The van der Waals surface area contributed by atoms with E-state index >= 15 is 0 Å². The number of nitrogens with one attached hydrogen (secondary N) is 3. The zero-order chi connectivity index (χ0) is 20.7. The van der Waals surface area contributed by atoms with Crippen molar-refractivity contribution in [2.45, 2.75) is 45.3 Å². The highest BCUT2D eigenvalue weighted by molar-refractivity contribution is 6.02. The zero-order valence-corrected chi connectivity index (χ0v) is 16.2. The minimum absolute atomic E-state index is 0.0384. The van der Waals surface area contributed by atoms with E-state index in [1.54, 1.807) is 29.2 Å². The number of rotatable bonds is 8. The molecule has 1 saturated heterocycles. The number of ether oxygens (including phenoxy) is 1. The summed E-state index contributed by atoms with van der Waals surface area (Å²) < 4.78 is 5.13. The molecule has 0 spiro atoms. The highest BCUT2D eigenvalue weighted by atomic mass is 16.5. The van der Waals surface area contributed by atoms with Gasteiger partial charge in [-0.1, -0.05) is 6.92 Å². The standard InChI is InChI=1S/C19H27N5O4/c1-3-12(2)28-16(25)8-10-22-19(27)23-15-9-11-24(18(15)26)14-6-4-13(5-7-14)17(20)21/h4-7,12,15H,3,8-11H2,1-2H3,(H3,20,21)(H2,22,23,27)/t12?,15-/m1/s1. The fourth-order valence-electron chi connectivity index (χ4n) is 2.75. The Labute approximate surface area is 164 Å². The molecule has 9 heteroatoms. The van der Waals surface area contributed by atoms with Gasteiger partial charge in [-0.3, -0.25) is 15.0 Å². The van der Waals surface area contributed by atoms with Crippen LogP contribution in [0.2, 0.25) is 0 Å². The number of nitrogen functional groups attached to an aromatic ring is 1. The normalized spacial score (nSPS) is 17.1. The van der Waals surface area contributed by atoms with Gasteiger partial charge in [-0.15, -0.1) is 0 Å². The lowest BCUT2D eigenvalue weighted by atomic mass is 10.2. The van der Waals surface area contributed by atoms with Crippen LogP contribution in [0.4, 0.5) is 10.5 Å². The van der Waals surface area contributed by atoms with Gasteiger partial charge in [0.2, 0.25) is 5.91 Å². The molecule has 2 rings (SSSR count). The maximum Gasteiger partial charge on any atom is 0.315 e. The summed E-state index contributed by atoms with van der Waals surface area (Å²) in [6, 6.07) is 5.68. The van der Waals surface area contributed by atoms with Crippen LogP contribution >= 0.6 is 0 Å². The topological polar surface area (TPSA) is 138 Å². The van der Waals surface area contributed by atoms with E-state index in [0.717, 1.165) is 6.42 Å². The number of benzene rings is 1. The highest BCUT2D eigenvalue weighted by Gasteiger charge is 2.33. The van der Waals surface area contributed by atoms with Gasteiger partial charge in [0, 0.05) is 24.3 Å². The summed E-state index contributed by atoms with van der Waals surface area (Å²) in [5.41, 5.74) is 6.70. The fourth-order valence-corrected chi connectivity index (χ4v) is 2.75. The molecule has 152 valence electrons. The molecule has 1 aliphatic rings. The maximum absolute atomic E-state index is 12.5. The average molecular weight is 389 g/mol. The van der Waals surface area contributed by atoms with Crippen molar-refractivity contribution in [3.8, 4) is 0 Å². The van der Waals surface area contributed by atoms with E-state index in [2.05, 4.69) is 10.6 Å². The van der Waals surface area contributed by atoms with Crippen LogP contribution in [-0.4, -0.2) is 49.0 Å². The number of esters is 1. The second-order valence-electron chi connectivity index (χ2n) is 6.65. The number of hydrogen-bond donors (Lipinski definition) is 4. The predicted octanol–water partition coefficient (Wildman–Crippen LogP) is 1.11. The Morgan fingerprint density at radius 3 is 2.64 bits per heavy atom. The molecule has 1 unspecified atom stereocenters. The lowest BCUT2D eigenvalue weighted by Gasteiger charge is -2.18. The number of urea groups is 1. The SMILES string of the molecule is CCC(C)OC(=O)CCNC(=O)N[C@@H]1CCN(c2ccc(C(=N)N)cc2)C1=O. The third kappa shape index (κ3) is 5.70. The first-order valence-corrected chi connectivity index (χ1v) is 9.31. The van der Waals surface area contributed by atoms with E-state index in [1.807, 2.05) is 13.8 Å². The second kappa shape index (κ2) is 9.72. The molecule has 1 aliphatic heterocycles. The number of anilines is 1. The molecular weight excluding hydrogens is 362 g/mol. The van der Waals surface area contributed by atoms with Crippen molar-refractivity contribution in [3.05, 3.63) is 29.8 Å². The lowest BCUT2D eigenvalue weighted by molar-refractivity contribution is -0.148. The molecule has 1 fully saturated rings. The van der Waals surface area contributed by atoms with Gasteiger partial charge in [-0.25, -0.2) is 4.79 Å². The molecule has 5 N–H and O–H groups in total. The number of amidine groups is 1. The van der Waals surface area contributed by atoms with Crippen LogP contribution in [0.5, 0.6) is 0 Å². The summed E-state index contributed by atoms with van der Waals surface area (Å²) in [6.45, 7) is 4.34. The Morgan fingerprint density at radius 2 is 2.04 bits per heavy atom. The maximum atomic E-state index is 12.5. The van der Waals surface area contributed by atoms with Crippen molar-refractivity contribution in [1.82, 2.24) is 10.6 Å². The largest absolute Gasteiger partial charge is 0.463 e. The van der Waals surface area contributed by atoms with Crippen LogP contribution < -0.4 is 21.3 Å². The Hall–Kier alpha value is -3.10. The summed E-state index contributed by atoms with van der Waals surface area (Å²) in [6.07, 6.45) is 1.15. The third-order valence-electron chi connectivity index (χ3n) is 4.52. The van der Waals surface area contributed by atoms with Crippen molar-refractivity contribution in [1.29, 1.82) is 5.41 Å². The Balaban J connectivity index is 1.79. The van der Waals surface area contributed by atoms with Crippen molar-refractivity contribution in [2.75, 3.05) is 18.0 Å². The Morgan fingerprint density at radius 1 is 1.36 bits per heavy atom. The van der Waals surface area contributed by atoms with E-state index in [-0.39, 0.29) is 36.8 Å². The molecule has 3 amide bonds. The van der Waals surface area contributed by atoms with Crippen molar-refractivity contribution in [2.24, 2.45) is 5.73 Å². The van der Waals surface area contributed by atoms with E-state index in [4.69, 9.17) is 15.9 Å². The lowest BCUT2D eigenvalue weighted by Crippen LogP contribution is -2.46. The molecular formula is C19H27N5O4. The first-order chi connectivity index (χ1) is 13.3. The van der Waals surface area contributed by atoms with Gasteiger partial charge >= 0.3 is 12.0 Å². The highest BCUT2D eigenvalue weighted by Crippen LogP contribution is 2.22. The van der Waals surface area contributed by atoms with Gasteiger partial charge in [-0.2, -0.15) is 0 Å². The van der Waals surface area contributed by atoms with Crippen molar-refractivity contribution >= 4 is 29.4 Å². The molecule has 9 nitrogen and oxygen atoms in total. The number of amides is 3. The quantitative estimate of drug-likeness (QED) is 0.300. The monoisotopic (exact) mass is 389 g/mol. The number of hydrogen-bond acceptors (Lipinski definition) is 5. The molecule has 0 saturated carbocycles. The molecule has 0 aliphatic carbocycles. The second-order valence-corrected chi connectivity index (χ2v) is 6.65. The van der Waals surface area contributed by atoms with Crippen LogP contribution in [0.3, 0.4) is 0 Å². The number of nitrogens with two attached hydrogens (primary N) is 1. The van der Waals surface area contributed by atoms with Crippen LogP contribution in [0, 0.1) is 5.41 Å². The van der Waals surface area contributed by atoms with Gasteiger partial charge in [-0.05, 0) is 44.0 Å². The van der Waals surface area contributed by atoms with E-state index in [1.165, 1.54) is 0 Å². The molecule has 2 atom stereocenters. The summed E-state index contributed by atoms with van der Waals surface area (Å²) >= 11 is 0. The molecule has 1 aromatic rings. The van der Waals surface area contributed by atoms with Gasteiger partial charge in [0.15, 0.2) is 0 Å². The minimum atomic E-state index is -0.625. The number of carbonyl (C=O) groups excluding carboxylic acids is 3. The van der Waals surface area contributed by atoms with Gasteiger partial charge in [0.1, 0.15) is 11.9 Å². The smallest absolute Gasteiger partial charge is 0.315 e. The first kappa shape index (κ1) is 21.2. The molecule has 1 aromatic carbocycles. The van der Waals surface area contributed by atoms with Gasteiger partial charge < -0.3 is 26.0 Å². The zero-order valence-electron chi connectivity index (χ0n) is 16.2. The van der Waals surface area contributed by atoms with Crippen molar-refractivity contribution < 1.29 is 19.1 Å². The minimum Gasteiger partial charge on any atom is -0.463 e. The van der Waals surface area contributed by atoms with E-state index in [0.29, 0.717) is 24.2 Å². The van der Waals surface area contributed by atoms with Crippen LogP contribution in [-0.2, 0) is 14.3 Å². The van der Waals surface area contributed by atoms with Gasteiger partial charge in [0.25, 0.3) is 0 Å². The summed E-state index contributed by atoms with van der Waals surface area (Å²) in [7, 11) is 0. The average Bonchev–Trinajstić information content (AvgIpc) is 3.02. The van der Waals surface area contributed by atoms with E-state index < -0.39 is 12.1 Å². The molecule has 0 bridgehead atoms. The third-order valence-corrected chi connectivity index (χ3v) is 4.52. The fraction of sp³-hybridized carbons (Fsp3) is 0.474. The first-order valence-electron chi connectivity index (χ1n) is 9.31. The molecule has 28 heavy (non-hydrogen) atoms. The summed E-state index contributed by atoms with van der Waals surface area (Å²) in [4.78, 5) is 37.7. The molecule has 1 heterocycles. The van der Waals surface area contributed by atoms with E-state index in [9.17, 15) is 14.4 Å². The van der Waals surface area contributed by atoms with Crippen LogP contribution in [0.1, 0.15) is 38.7 Å².